The van der Waals surface area contributed by atoms with Crippen LogP contribution in [-0.2, 0) is 10.0 Å². The molecule has 0 amide bonds. The lowest BCUT2D eigenvalue weighted by Crippen LogP contribution is -2.27. The largest absolute Gasteiger partial charge is 0.250 e. The Hall–Kier alpha value is -0.540. The first-order valence-corrected chi connectivity index (χ1v) is 9.10. The van der Waals surface area contributed by atoms with Crippen molar-refractivity contribution in [2.45, 2.75) is 17.2 Å². The Bertz CT molecular complexity index is 740. The number of halogens is 4. The molecule has 0 aliphatic rings. The average molecular weight is 417 g/mol. The molecular weight excluding hydrogens is 408 g/mol. The Morgan fingerprint density at radius 1 is 1.33 bits per heavy atom. The molecule has 1 N–H and O–H groups in total. The molecule has 0 fully saturated rings. The van der Waals surface area contributed by atoms with Gasteiger partial charge in [0.2, 0.25) is 0 Å². The third-order valence-corrected chi connectivity index (χ3v) is 7.14. The Kier molecular flexibility index (Phi) is 5.04. The number of benzene rings is 1. The molecule has 0 aliphatic carbocycles. The van der Waals surface area contributed by atoms with Crippen LogP contribution < -0.4 is 4.72 Å². The second-order valence-electron chi connectivity index (χ2n) is 4.17. The van der Waals surface area contributed by atoms with E-state index in [1.807, 2.05) is 0 Å². The van der Waals surface area contributed by atoms with Gasteiger partial charge in [-0.1, -0.05) is 17.7 Å². The van der Waals surface area contributed by atoms with Crippen LogP contribution in [0.4, 0.5) is 8.78 Å². The van der Waals surface area contributed by atoms with Gasteiger partial charge >= 0.3 is 0 Å². The van der Waals surface area contributed by atoms with Crippen LogP contribution in [0, 0.1) is 11.6 Å². The minimum atomic E-state index is -3.92. The second-order valence-corrected chi connectivity index (χ2v) is 8.88. The molecule has 1 unspecified atom stereocenters. The minimum absolute atomic E-state index is 0.0389. The Morgan fingerprint density at radius 3 is 2.38 bits per heavy atom. The monoisotopic (exact) mass is 415 g/mol. The van der Waals surface area contributed by atoms with Gasteiger partial charge < -0.3 is 0 Å². The molecule has 1 aromatic carbocycles. The summed E-state index contributed by atoms with van der Waals surface area (Å²) in [4.78, 5) is 0. The summed E-state index contributed by atoms with van der Waals surface area (Å²) in [7, 11) is -3.92. The lowest BCUT2D eigenvalue weighted by molar-refractivity contribution is 0.515. The highest BCUT2D eigenvalue weighted by Gasteiger charge is 2.25. The number of thiophene rings is 1. The highest BCUT2D eigenvalue weighted by Crippen LogP contribution is 2.35. The SMILES string of the molecule is CC(NS(=O)(=O)c1cc(Cl)c(Br)s1)c1c(F)cccc1F. The van der Waals surface area contributed by atoms with Gasteiger partial charge in [-0.05, 0) is 41.1 Å². The van der Waals surface area contributed by atoms with E-state index in [-0.39, 0.29) is 14.8 Å². The summed E-state index contributed by atoms with van der Waals surface area (Å²) in [5, 5.41) is 0.255. The van der Waals surface area contributed by atoms with Crippen molar-refractivity contribution in [3.05, 3.63) is 50.3 Å². The summed E-state index contributed by atoms with van der Waals surface area (Å²) in [6.45, 7) is 1.36. The van der Waals surface area contributed by atoms with Crippen LogP contribution in [-0.4, -0.2) is 8.42 Å². The normalized spacial score (nSPS) is 13.4. The van der Waals surface area contributed by atoms with Crippen molar-refractivity contribution in [1.82, 2.24) is 4.72 Å². The van der Waals surface area contributed by atoms with Crippen LogP contribution in [0.25, 0.3) is 0 Å². The van der Waals surface area contributed by atoms with Gasteiger partial charge in [0.15, 0.2) is 0 Å². The van der Waals surface area contributed by atoms with Gasteiger partial charge in [-0.3, -0.25) is 0 Å². The molecule has 1 heterocycles. The van der Waals surface area contributed by atoms with Crippen molar-refractivity contribution in [1.29, 1.82) is 0 Å². The van der Waals surface area contributed by atoms with Gasteiger partial charge in [-0.15, -0.1) is 11.3 Å². The molecule has 1 atom stereocenters. The zero-order valence-electron chi connectivity index (χ0n) is 10.5. The van der Waals surface area contributed by atoms with E-state index in [2.05, 4.69) is 20.7 Å². The third kappa shape index (κ3) is 3.62. The maximum atomic E-state index is 13.6. The number of nitrogens with one attached hydrogen (secondary N) is 1. The number of hydrogen-bond donors (Lipinski definition) is 1. The van der Waals surface area contributed by atoms with Crippen molar-refractivity contribution in [3.8, 4) is 0 Å². The molecule has 0 aliphatic heterocycles. The topological polar surface area (TPSA) is 46.2 Å². The van der Waals surface area contributed by atoms with E-state index in [9.17, 15) is 17.2 Å². The van der Waals surface area contributed by atoms with E-state index in [1.165, 1.54) is 19.1 Å². The van der Waals surface area contributed by atoms with E-state index in [0.717, 1.165) is 23.5 Å². The van der Waals surface area contributed by atoms with Gasteiger partial charge in [-0.2, -0.15) is 0 Å². The predicted octanol–water partition coefficient (Wildman–Crippen LogP) is 4.48. The molecular formula is C12H9BrClF2NO2S2. The first-order valence-electron chi connectivity index (χ1n) is 5.63. The first kappa shape index (κ1) is 16.8. The summed E-state index contributed by atoms with van der Waals surface area (Å²) >= 11 is 9.82. The molecule has 0 saturated heterocycles. The molecule has 1 aromatic heterocycles. The van der Waals surface area contributed by atoms with E-state index >= 15 is 0 Å². The fourth-order valence-electron chi connectivity index (χ4n) is 1.73. The molecule has 3 nitrogen and oxygen atoms in total. The van der Waals surface area contributed by atoms with Crippen LogP contribution >= 0.6 is 38.9 Å². The second kappa shape index (κ2) is 6.29. The zero-order chi connectivity index (χ0) is 15.8. The van der Waals surface area contributed by atoms with Gasteiger partial charge in [0.05, 0.1) is 8.81 Å². The van der Waals surface area contributed by atoms with Crippen molar-refractivity contribution < 1.29 is 17.2 Å². The maximum Gasteiger partial charge on any atom is 0.250 e. The van der Waals surface area contributed by atoms with Crippen LogP contribution in [0.15, 0.2) is 32.3 Å². The van der Waals surface area contributed by atoms with Crippen LogP contribution in [0.3, 0.4) is 0 Å². The molecule has 9 heteroatoms. The summed E-state index contributed by atoms with van der Waals surface area (Å²) in [5.41, 5.74) is -0.331. The van der Waals surface area contributed by atoms with E-state index in [4.69, 9.17) is 11.6 Å². The minimum Gasteiger partial charge on any atom is -0.207 e. The van der Waals surface area contributed by atoms with E-state index in [1.54, 1.807) is 0 Å². The zero-order valence-corrected chi connectivity index (χ0v) is 14.5. The molecule has 0 radical (unpaired) electrons. The van der Waals surface area contributed by atoms with Gasteiger partial charge in [0.25, 0.3) is 10.0 Å². The lowest BCUT2D eigenvalue weighted by Gasteiger charge is -2.15. The fourth-order valence-corrected chi connectivity index (χ4v) is 5.36. The Morgan fingerprint density at radius 2 is 1.90 bits per heavy atom. The average Bonchev–Trinajstić information content (AvgIpc) is 2.69. The van der Waals surface area contributed by atoms with Crippen LogP contribution in [0.5, 0.6) is 0 Å². The highest BCUT2D eigenvalue weighted by molar-refractivity contribution is 9.11. The van der Waals surface area contributed by atoms with Crippen LogP contribution in [0.1, 0.15) is 18.5 Å². The van der Waals surface area contributed by atoms with E-state index in [0.29, 0.717) is 3.79 Å². The summed E-state index contributed by atoms with van der Waals surface area (Å²) < 4.78 is 54.3. The Labute approximate surface area is 138 Å². The van der Waals surface area contributed by atoms with Gasteiger partial charge in [0.1, 0.15) is 15.8 Å². The molecule has 0 saturated carbocycles. The quantitative estimate of drug-likeness (QED) is 0.798. The van der Waals surface area contributed by atoms with E-state index < -0.39 is 27.7 Å². The first-order chi connectivity index (χ1) is 9.72. The van der Waals surface area contributed by atoms with Crippen molar-refractivity contribution in [2.75, 3.05) is 0 Å². The molecule has 2 aromatic rings. The Balaban J connectivity index is 2.32. The third-order valence-electron chi connectivity index (χ3n) is 2.65. The molecule has 21 heavy (non-hydrogen) atoms. The summed E-state index contributed by atoms with van der Waals surface area (Å²) in [5.74, 6) is -1.62. The maximum absolute atomic E-state index is 13.6. The molecule has 0 bridgehead atoms. The van der Waals surface area contributed by atoms with Gasteiger partial charge in [-0.25, -0.2) is 21.9 Å². The highest BCUT2D eigenvalue weighted by atomic mass is 79.9. The summed E-state index contributed by atoms with van der Waals surface area (Å²) in [6, 6.07) is 3.56. The lowest BCUT2D eigenvalue weighted by atomic mass is 10.1. The summed E-state index contributed by atoms with van der Waals surface area (Å²) in [6.07, 6.45) is 0. The van der Waals surface area contributed by atoms with Crippen molar-refractivity contribution >= 4 is 48.9 Å². The number of hydrogen-bond acceptors (Lipinski definition) is 3. The molecule has 114 valence electrons. The van der Waals surface area contributed by atoms with Gasteiger partial charge in [0, 0.05) is 11.6 Å². The predicted molar refractivity (Wildman–Crippen MR) is 82.1 cm³/mol. The smallest absolute Gasteiger partial charge is 0.207 e. The molecule has 0 spiro atoms. The van der Waals surface area contributed by atoms with Crippen molar-refractivity contribution in [2.24, 2.45) is 0 Å². The number of rotatable bonds is 4. The standard InChI is InChI=1S/C12H9BrClF2NO2S2/c1-6(11-8(15)3-2-4-9(11)16)17-21(18,19)10-5-7(14)12(13)20-10/h2-6,17H,1H3. The molecule has 2 rings (SSSR count). The van der Waals surface area contributed by atoms with Crippen molar-refractivity contribution in [3.63, 3.8) is 0 Å². The number of sulfonamides is 1. The van der Waals surface area contributed by atoms with Crippen LogP contribution in [0.2, 0.25) is 5.02 Å². The fraction of sp³-hybridized carbons (Fsp3) is 0.167.